The number of thiophene rings is 1. The molecule has 0 atom stereocenters. The number of ether oxygens (including phenoxy) is 2. The number of hydrogen-bond donors (Lipinski definition) is 0. The minimum atomic E-state index is -4.09. The van der Waals surface area contributed by atoms with E-state index in [2.05, 4.69) is 0 Å². The second-order valence-corrected chi connectivity index (χ2v) is 13.6. The minimum Gasteiger partial charge on any atom is -0.493 e. The van der Waals surface area contributed by atoms with Gasteiger partial charge in [0.2, 0.25) is 15.9 Å². The van der Waals surface area contributed by atoms with Crippen molar-refractivity contribution in [3.8, 4) is 11.5 Å². The highest BCUT2D eigenvalue weighted by atomic mass is 32.2. The maximum absolute atomic E-state index is 14.0. The molecule has 1 saturated carbocycles. The van der Waals surface area contributed by atoms with Gasteiger partial charge in [0.05, 0.1) is 37.1 Å². The first-order valence-corrected chi connectivity index (χ1v) is 16.2. The number of methoxy groups -OCH3 is 2. The molecule has 42 heavy (non-hydrogen) atoms. The van der Waals surface area contributed by atoms with E-state index in [0.717, 1.165) is 34.6 Å². The van der Waals surface area contributed by atoms with Crippen LogP contribution in [0.15, 0.2) is 59.5 Å². The smallest absolute Gasteiger partial charge is 0.269 e. The zero-order valence-corrected chi connectivity index (χ0v) is 25.8. The van der Waals surface area contributed by atoms with Crippen LogP contribution in [0.25, 0.3) is 0 Å². The van der Waals surface area contributed by atoms with Crippen molar-refractivity contribution >= 4 is 33.0 Å². The van der Waals surface area contributed by atoms with Crippen molar-refractivity contribution in [2.45, 2.75) is 62.9 Å². The maximum atomic E-state index is 14.0. The molecule has 0 N–H and O–H groups in total. The number of sulfonamides is 1. The molecule has 3 aromatic rings. The SMILES string of the molecule is COc1ccc(CCN(Cc2ccc(C)s2)C(=O)CN(C2CCCCC2)S(=O)(=O)c2ccc([N+](=O)[O-])cc2)cc1OC. The van der Waals surface area contributed by atoms with Gasteiger partial charge in [0, 0.05) is 34.5 Å². The molecular weight excluding hydrogens is 578 g/mol. The lowest BCUT2D eigenvalue weighted by atomic mass is 9.95. The molecule has 1 aliphatic carbocycles. The lowest BCUT2D eigenvalue weighted by Gasteiger charge is -2.34. The highest BCUT2D eigenvalue weighted by Crippen LogP contribution is 2.30. The molecule has 0 unspecified atom stereocenters. The molecular formula is C30H37N3O7S2. The molecule has 1 heterocycles. The van der Waals surface area contributed by atoms with Gasteiger partial charge in [-0.15, -0.1) is 11.3 Å². The fraction of sp³-hybridized carbons (Fsp3) is 0.433. The molecule has 1 aromatic heterocycles. The van der Waals surface area contributed by atoms with Gasteiger partial charge in [0.25, 0.3) is 5.69 Å². The van der Waals surface area contributed by atoms with Crippen molar-refractivity contribution in [2.24, 2.45) is 0 Å². The molecule has 0 radical (unpaired) electrons. The predicted molar refractivity (Wildman–Crippen MR) is 162 cm³/mol. The average molecular weight is 616 g/mol. The summed E-state index contributed by atoms with van der Waals surface area (Å²) >= 11 is 1.60. The summed E-state index contributed by atoms with van der Waals surface area (Å²) in [5, 5.41) is 11.1. The van der Waals surface area contributed by atoms with E-state index < -0.39 is 14.9 Å². The minimum absolute atomic E-state index is 0.0581. The molecule has 0 saturated heterocycles. The van der Waals surface area contributed by atoms with Crippen LogP contribution in [-0.4, -0.2) is 61.8 Å². The number of aryl methyl sites for hydroxylation is 1. The number of non-ortho nitro benzene ring substituents is 1. The van der Waals surface area contributed by atoms with Crippen LogP contribution < -0.4 is 9.47 Å². The van der Waals surface area contributed by atoms with E-state index in [1.54, 1.807) is 30.5 Å². The Hall–Kier alpha value is -3.48. The van der Waals surface area contributed by atoms with Crippen molar-refractivity contribution in [1.82, 2.24) is 9.21 Å². The van der Waals surface area contributed by atoms with Gasteiger partial charge >= 0.3 is 0 Å². The third kappa shape index (κ3) is 7.67. The molecule has 1 amide bonds. The summed E-state index contributed by atoms with van der Waals surface area (Å²) in [7, 11) is -0.944. The number of hydrogen-bond acceptors (Lipinski definition) is 8. The van der Waals surface area contributed by atoms with Crippen molar-refractivity contribution in [2.75, 3.05) is 27.3 Å². The van der Waals surface area contributed by atoms with E-state index in [4.69, 9.17) is 9.47 Å². The third-order valence-corrected chi connectivity index (χ3v) is 10.4. The number of amides is 1. The number of carbonyl (C=O) groups is 1. The van der Waals surface area contributed by atoms with E-state index >= 15 is 0 Å². The molecule has 1 aliphatic rings. The van der Waals surface area contributed by atoms with Gasteiger partial charge in [-0.05, 0) is 68.1 Å². The van der Waals surface area contributed by atoms with Crippen LogP contribution in [0, 0.1) is 17.0 Å². The summed E-state index contributed by atoms with van der Waals surface area (Å²) < 4.78 is 39.9. The van der Waals surface area contributed by atoms with Gasteiger partial charge in [-0.2, -0.15) is 4.31 Å². The third-order valence-electron chi connectivity index (χ3n) is 7.54. The largest absolute Gasteiger partial charge is 0.493 e. The number of nitrogens with zero attached hydrogens (tertiary/aromatic N) is 3. The zero-order valence-electron chi connectivity index (χ0n) is 24.2. The molecule has 0 aliphatic heterocycles. The Labute approximate surface area is 251 Å². The Balaban J connectivity index is 1.60. The van der Waals surface area contributed by atoms with Gasteiger partial charge in [-0.3, -0.25) is 14.9 Å². The van der Waals surface area contributed by atoms with Crippen molar-refractivity contribution in [3.05, 3.63) is 80.0 Å². The maximum Gasteiger partial charge on any atom is 0.269 e. The van der Waals surface area contributed by atoms with Crippen molar-refractivity contribution in [3.63, 3.8) is 0 Å². The Morgan fingerprint density at radius 3 is 2.29 bits per heavy atom. The number of carbonyl (C=O) groups excluding carboxylic acids is 1. The first-order chi connectivity index (χ1) is 20.1. The summed E-state index contributed by atoms with van der Waals surface area (Å²) in [6.07, 6.45) is 4.63. The van der Waals surface area contributed by atoms with E-state index in [9.17, 15) is 23.3 Å². The van der Waals surface area contributed by atoms with Crippen LogP contribution in [0.4, 0.5) is 5.69 Å². The highest BCUT2D eigenvalue weighted by molar-refractivity contribution is 7.89. The second kappa shape index (κ2) is 14.1. The van der Waals surface area contributed by atoms with Crippen LogP contribution in [0.3, 0.4) is 0 Å². The first-order valence-electron chi connectivity index (χ1n) is 13.9. The zero-order chi connectivity index (χ0) is 30.3. The highest BCUT2D eigenvalue weighted by Gasteiger charge is 2.35. The second-order valence-electron chi connectivity index (χ2n) is 10.4. The van der Waals surface area contributed by atoms with Crippen LogP contribution in [0.1, 0.15) is 47.4 Å². The van der Waals surface area contributed by atoms with E-state index in [1.165, 1.54) is 28.6 Å². The molecule has 0 bridgehead atoms. The van der Waals surface area contributed by atoms with Gasteiger partial charge < -0.3 is 14.4 Å². The molecule has 4 rings (SSSR count). The number of benzene rings is 2. The fourth-order valence-corrected chi connectivity index (χ4v) is 7.78. The molecule has 1 fully saturated rings. The lowest BCUT2D eigenvalue weighted by Crippen LogP contribution is -2.48. The summed E-state index contributed by atoms with van der Waals surface area (Å²) in [4.78, 5) is 28.3. The Kier molecular flexibility index (Phi) is 10.6. The standard InChI is InChI=1S/C30H37N3O7S2/c1-22-9-13-26(41-22)20-31(18-17-23-10-16-28(39-2)29(19-23)40-3)30(34)21-32(24-7-5-4-6-8-24)42(37,38)27-14-11-25(12-15-27)33(35)36/h9-16,19,24H,4-8,17-18,20-21H2,1-3H3. The number of nitro groups is 1. The number of rotatable bonds is 13. The summed E-state index contributed by atoms with van der Waals surface area (Å²) in [6.45, 7) is 2.44. The van der Waals surface area contributed by atoms with Gasteiger partial charge in [-0.25, -0.2) is 8.42 Å². The van der Waals surface area contributed by atoms with Gasteiger partial charge in [0.15, 0.2) is 11.5 Å². The quantitative estimate of drug-likeness (QED) is 0.182. The topological polar surface area (TPSA) is 119 Å². The van der Waals surface area contributed by atoms with Gasteiger partial charge in [0.1, 0.15) is 0 Å². The molecule has 2 aromatic carbocycles. The van der Waals surface area contributed by atoms with E-state index in [0.29, 0.717) is 43.9 Å². The van der Waals surface area contributed by atoms with Crippen LogP contribution in [0.2, 0.25) is 0 Å². The molecule has 12 heteroatoms. The predicted octanol–water partition coefficient (Wildman–Crippen LogP) is 5.58. The van der Waals surface area contributed by atoms with Crippen molar-refractivity contribution in [1.29, 1.82) is 0 Å². The van der Waals surface area contributed by atoms with E-state index in [-0.39, 0.29) is 29.1 Å². The van der Waals surface area contributed by atoms with Gasteiger partial charge in [-0.1, -0.05) is 25.3 Å². The molecule has 10 nitrogen and oxygen atoms in total. The van der Waals surface area contributed by atoms with Crippen LogP contribution in [0.5, 0.6) is 11.5 Å². The van der Waals surface area contributed by atoms with Crippen LogP contribution in [-0.2, 0) is 27.8 Å². The summed E-state index contributed by atoms with van der Waals surface area (Å²) in [5.74, 6) is 0.917. The summed E-state index contributed by atoms with van der Waals surface area (Å²) in [5.41, 5.74) is 0.761. The number of nitro benzene ring substituents is 1. The van der Waals surface area contributed by atoms with E-state index in [1.807, 2.05) is 37.3 Å². The molecule has 0 spiro atoms. The van der Waals surface area contributed by atoms with Crippen LogP contribution >= 0.6 is 11.3 Å². The first kappa shape index (κ1) is 31.5. The average Bonchev–Trinajstić information content (AvgIpc) is 3.42. The monoisotopic (exact) mass is 615 g/mol. The Morgan fingerprint density at radius 2 is 1.69 bits per heavy atom. The fourth-order valence-electron chi connectivity index (χ4n) is 5.24. The normalized spacial score (nSPS) is 14.1. The lowest BCUT2D eigenvalue weighted by molar-refractivity contribution is -0.384. The molecule has 226 valence electrons. The Morgan fingerprint density at radius 1 is 1.00 bits per heavy atom. The Bertz CT molecular complexity index is 1480. The van der Waals surface area contributed by atoms with Crippen molar-refractivity contribution < 1.29 is 27.6 Å². The summed E-state index contributed by atoms with van der Waals surface area (Å²) in [6, 6.07) is 14.2.